The van der Waals surface area contributed by atoms with Crippen molar-refractivity contribution in [1.29, 1.82) is 0 Å². The zero-order valence-corrected chi connectivity index (χ0v) is 13.0. The van der Waals surface area contributed by atoms with Crippen molar-refractivity contribution in [3.8, 4) is 0 Å². The summed E-state index contributed by atoms with van der Waals surface area (Å²) in [5.41, 5.74) is 2.35. The Morgan fingerprint density at radius 2 is 2.05 bits per heavy atom. The third kappa shape index (κ3) is 5.76. The highest BCUT2D eigenvalue weighted by Gasteiger charge is 2.06. The summed E-state index contributed by atoms with van der Waals surface area (Å²) in [5, 5.41) is 6.22. The lowest BCUT2D eigenvalue weighted by Gasteiger charge is -2.14. The van der Waals surface area contributed by atoms with E-state index in [-0.39, 0.29) is 18.3 Å². The predicted molar refractivity (Wildman–Crippen MR) is 83.7 cm³/mol. The second kappa shape index (κ2) is 8.35. The summed E-state index contributed by atoms with van der Waals surface area (Å²) in [7, 11) is 0. The largest absolute Gasteiger partial charge is 0.352 e. The van der Waals surface area contributed by atoms with Gasteiger partial charge in [0.05, 0.1) is 6.42 Å². The Morgan fingerprint density at radius 1 is 1.32 bits per heavy atom. The fourth-order valence-electron chi connectivity index (χ4n) is 1.89. The van der Waals surface area contributed by atoms with Gasteiger partial charge in [0.1, 0.15) is 0 Å². The van der Waals surface area contributed by atoms with Crippen molar-refractivity contribution < 1.29 is 4.79 Å². The number of nitrogens with one attached hydrogen (secondary N) is 2. The van der Waals surface area contributed by atoms with Gasteiger partial charge in [-0.15, -0.1) is 12.4 Å². The van der Waals surface area contributed by atoms with Gasteiger partial charge < -0.3 is 10.6 Å². The van der Waals surface area contributed by atoms with Gasteiger partial charge in [-0.25, -0.2) is 0 Å². The summed E-state index contributed by atoms with van der Waals surface area (Å²) in [6.07, 6.45) is 3.63. The van der Waals surface area contributed by atoms with Crippen LogP contribution in [-0.4, -0.2) is 25.5 Å². The lowest BCUT2D eigenvalue weighted by Crippen LogP contribution is -2.30. The average molecular weight is 346 g/mol. The molecule has 0 saturated carbocycles. The Hall–Kier alpha value is -0.840. The quantitative estimate of drug-likeness (QED) is 0.823. The lowest BCUT2D eigenvalue weighted by molar-refractivity contribution is -0.120. The fourth-order valence-corrected chi connectivity index (χ4v) is 2.16. The standard InChI is InChI=1S/C14H17BrN2O.ClH/c15-13-3-1-11(2-4-13)9-14(18)17-10-12-5-7-16-8-6-12;/h1-5,16H,6-10H2,(H,17,18);1H. The van der Waals surface area contributed by atoms with Crippen LogP contribution in [0, 0.1) is 0 Å². The van der Waals surface area contributed by atoms with Crippen molar-refractivity contribution in [3.63, 3.8) is 0 Å². The molecule has 2 N–H and O–H groups in total. The highest BCUT2D eigenvalue weighted by Crippen LogP contribution is 2.11. The second-order valence-corrected chi connectivity index (χ2v) is 5.31. The van der Waals surface area contributed by atoms with Crippen LogP contribution >= 0.6 is 28.3 Å². The number of carbonyl (C=O) groups is 1. The molecular weight excluding hydrogens is 328 g/mol. The number of halogens is 2. The van der Waals surface area contributed by atoms with E-state index in [2.05, 4.69) is 32.6 Å². The SMILES string of the molecule is Cl.O=C(Cc1ccc(Br)cc1)NCC1=CCNCC1. The van der Waals surface area contributed by atoms with Gasteiger partial charge in [-0.05, 0) is 30.7 Å². The molecule has 1 amide bonds. The minimum atomic E-state index is 0. The molecule has 0 aliphatic carbocycles. The van der Waals surface area contributed by atoms with Crippen molar-refractivity contribution in [2.75, 3.05) is 19.6 Å². The van der Waals surface area contributed by atoms with Crippen LogP contribution in [-0.2, 0) is 11.2 Å². The van der Waals surface area contributed by atoms with Gasteiger partial charge >= 0.3 is 0 Å². The Balaban J connectivity index is 0.00000180. The van der Waals surface area contributed by atoms with Crippen molar-refractivity contribution in [1.82, 2.24) is 10.6 Å². The topological polar surface area (TPSA) is 41.1 Å². The van der Waals surface area contributed by atoms with Crippen molar-refractivity contribution in [3.05, 3.63) is 46.0 Å². The van der Waals surface area contributed by atoms with Crippen LogP contribution in [0.25, 0.3) is 0 Å². The summed E-state index contributed by atoms with van der Waals surface area (Å²) in [6, 6.07) is 7.84. The molecule has 1 aliphatic heterocycles. The first kappa shape index (κ1) is 16.2. The molecule has 2 rings (SSSR count). The molecule has 0 fully saturated rings. The van der Waals surface area contributed by atoms with E-state index in [1.807, 2.05) is 24.3 Å². The van der Waals surface area contributed by atoms with E-state index in [1.165, 1.54) is 5.57 Å². The third-order valence-electron chi connectivity index (χ3n) is 2.95. The molecular formula is C14H18BrClN2O. The van der Waals surface area contributed by atoms with E-state index >= 15 is 0 Å². The first-order valence-corrected chi connectivity index (χ1v) is 6.93. The minimum absolute atomic E-state index is 0. The molecule has 1 heterocycles. The van der Waals surface area contributed by atoms with Crippen LogP contribution in [0.2, 0.25) is 0 Å². The van der Waals surface area contributed by atoms with E-state index in [9.17, 15) is 4.79 Å². The molecule has 0 aromatic heterocycles. The summed E-state index contributed by atoms with van der Waals surface area (Å²) >= 11 is 3.38. The Bertz CT molecular complexity index is 445. The number of benzene rings is 1. The maximum atomic E-state index is 11.8. The Morgan fingerprint density at radius 3 is 2.68 bits per heavy atom. The summed E-state index contributed by atoms with van der Waals surface area (Å²) in [5.74, 6) is 0.0803. The van der Waals surface area contributed by atoms with E-state index in [0.717, 1.165) is 29.5 Å². The van der Waals surface area contributed by atoms with E-state index in [4.69, 9.17) is 0 Å². The molecule has 0 bridgehead atoms. The second-order valence-electron chi connectivity index (χ2n) is 4.40. The molecule has 19 heavy (non-hydrogen) atoms. The zero-order valence-electron chi connectivity index (χ0n) is 10.6. The van der Waals surface area contributed by atoms with Crippen LogP contribution in [0.5, 0.6) is 0 Å². The third-order valence-corrected chi connectivity index (χ3v) is 3.48. The van der Waals surface area contributed by atoms with Crippen LogP contribution in [0.15, 0.2) is 40.4 Å². The van der Waals surface area contributed by atoms with E-state index in [1.54, 1.807) is 0 Å². The van der Waals surface area contributed by atoms with Gasteiger partial charge in [0.2, 0.25) is 5.91 Å². The molecule has 0 atom stereocenters. The van der Waals surface area contributed by atoms with Crippen molar-refractivity contribution in [2.45, 2.75) is 12.8 Å². The van der Waals surface area contributed by atoms with Crippen molar-refractivity contribution >= 4 is 34.2 Å². The first-order valence-electron chi connectivity index (χ1n) is 6.14. The Labute approximate surface area is 128 Å². The summed E-state index contributed by atoms with van der Waals surface area (Å²) < 4.78 is 1.03. The molecule has 1 aliphatic rings. The molecule has 104 valence electrons. The van der Waals surface area contributed by atoms with Crippen LogP contribution < -0.4 is 10.6 Å². The fraction of sp³-hybridized carbons (Fsp3) is 0.357. The number of hydrogen-bond donors (Lipinski definition) is 2. The first-order chi connectivity index (χ1) is 8.74. The summed E-state index contributed by atoms with van der Waals surface area (Å²) in [4.78, 5) is 11.8. The normalized spacial score (nSPS) is 14.3. The molecule has 1 aromatic carbocycles. The highest BCUT2D eigenvalue weighted by molar-refractivity contribution is 9.10. The maximum Gasteiger partial charge on any atom is 0.224 e. The van der Waals surface area contributed by atoms with Gasteiger partial charge in [-0.3, -0.25) is 4.79 Å². The van der Waals surface area contributed by atoms with Crippen molar-refractivity contribution in [2.24, 2.45) is 0 Å². The van der Waals surface area contributed by atoms with E-state index in [0.29, 0.717) is 13.0 Å². The van der Waals surface area contributed by atoms with Gasteiger partial charge in [0, 0.05) is 17.6 Å². The van der Waals surface area contributed by atoms with Gasteiger partial charge in [0.15, 0.2) is 0 Å². The average Bonchev–Trinajstić information content (AvgIpc) is 2.40. The zero-order chi connectivity index (χ0) is 12.8. The van der Waals surface area contributed by atoms with Gasteiger partial charge in [-0.1, -0.05) is 39.7 Å². The number of hydrogen-bond acceptors (Lipinski definition) is 2. The highest BCUT2D eigenvalue weighted by atomic mass is 79.9. The maximum absolute atomic E-state index is 11.8. The summed E-state index contributed by atoms with van der Waals surface area (Å²) in [6.45, 7) is 2.60. The monoisotopic (exact) mass is 344 g/mol. The number of rotatable bonds is 4. The molecule has 5 heteroatoms. The Kier molecular flexibility index (Phi) is 7.13. The molecule has 3 nitrogen and oxygen atoms in total. The number of carbonyl (C=O) groups excluding carboxylic acids is 1. The van der Waals surface area contributed by atoms with Gasteiger partial charge in [-0.2, -0.15) is 0 Å². The minimum Gasteiger partial charge on any atom is -0.352 e. The lowest BCUT2D eigenvalue weighted by atomic mass is 10.1. The van der Waals surface area contributed by atoms with Crippen LogP contribution in [0.4, 0.5) is 0 Å². The predicted octanol–water partition coefficient (Wildman–Crippen LogP) is 2.45. The molecule has 1 aromatic rings. The molecule has 0 saturated heterocycles. The molecule has 0 spiro atoms. The molecule has 0 unspecified atom stereocenters. The van der Waals surface area contributed by atoms with Crippen LogP contribution in [0.3, 0.4) is 0 Å². The van der Waals surface area contributed by atoms with Crippen LogP contribution in [0.1, 0.15) is 12.0 Å². The smallest absolute Gasteiger partial charge is 0.224 e. The van der Waals surface area contributed by atoms with Gasteiger partial charge in [0.25, 0.3) is 0 Å². The molecule has 0 radical (unpaired) electrons. The van der Waals surface area contributed by atoms with E-state index < -0.39 is 0 Å². The number of amides is 1.